The zero-order valence-corrected chi connectivity index (χ0v) is 11.8. The summed E-state index contributed by atoms with van der Waals surface area (Å²) < 4.78 is 5.52. The molecule has 0 spiro atoms. The van der Waals surface area contributed by atoms with Gasteiger partial charge in [0.25, 0.3) is 5.91 Å². The highest BCUT2D eigenvalue weighted by molar-refractivity contribution is 8.26. The maximum absolute atomic E-state index is 11.5. The van der Waals surface area contributed by atoms with Crippen LogP contribution in [-0.4, -0.2) is 16.2 Å². The van der Waals surface area contributed by atoms with Crippen LogP contribution in [0.1, 0.15) is 18.9 Å². The minimum absolute atomic E-state index is 0.184. The van der Waals surface area contributed by atoms with E-state index in [1.807, 2.05) is 0 Å². The van der Waals surface area contributed by atoms with Crippen molar-refractivity contribution in [1.29, 1.82) is 0 Å². The zero-order valence-electron chi connectivity index (χ0n) is 10.1. The quantitative estimate of drug-likeness (QED) is 0.401. The second-order valence-corrected chi connectivity index (χ2v) is 5.47. The summed E-state index contributed by atoms with van der Waals surface area (Å²) >= 11 is 6.14. The molecular formula is C13H11NO3S2. The van der Waals surface area contributed by atoms with Crippen LogP contribution < -0.4 is 10.1 Å². The molecule has 0 unspecified atom stereocenters. The third-order valence-electron chi connectivity index (χ3n) is 2.34. The number of thiocarbonyl (C=S) groups is 1. The van der Waals surface area contributed by atoms with Gasteiger partial charge in [0.15, 0.2) is 0 Å². The highest BCUT2D eigenvalue weighted by atomic mass is 32.2. The van der Waals surface area contributed by atoms with E-state index in [-0.39, 0.29) is 11.9 Å². The molecule has 0 aromatic heterocycles. The van der Waals surface area contributed by atoms with Gasteiger partial charge >= 0.3 is 5.97 Å². The first-order valence-corrected chi connectivity index (χ1v) is 6.86. The summed E-state index contributed by atoms with van der Waals surface area (Å²) in [5.41, 5.74) is 0.846. The Kier molecular flexibility index (Phi) is 4.34. The van der Waals surface area contributed by atoms with Gasteiger partial charge in [-0.2, -0.15) is 0 Å². The molecule has 98 valence electrons. The fourth-order valence-electron chi connectivity index (χ4n) is 1.41. The molecule has 2 rings (SSSR count). The number of thioether (sulfide) groups is 1. The van der Waals surface area contributed by atoms with E-state index in [1.165, 1.54) is 11.8 Å². The van der Waals surface area contributed by atoms with Crippen LogP contribution in [0.25, 0.3) is 6.08 Å². The number of carbonyl (C=O) groups is 2. The molecule has 1 N–H and O–H groups in total. The SMILES string of the molecule is CCC(=O)Oc1ccc(C=C2SC(=S)NC2=O)cc1. The molecule has 1 fully saturated rings. The second-order valence-electron chi connectivity index (χ2n) is 3.75. The number of ether oxygens (including phenoxy) is 1. The summed E-state index contributed by atoms with van der Waals surface area (Å²) in [6.45, 7) is 1.74. The lowest BCUT2D eigenvalue weighted by Crippen LogP contribution is -2.17. The summed E-state index contributed by atoms with van der Waals surface area (Å²) in [7, 11) is 0. The number of esters is 1. The lowest BCUT2D eigenvalue weighted by Gasteiger charge is -2.02. The standard InChI is InChI=1S/C13H11NO3S2/c1-2-11(15)17-9-5-3-8(4-6-9)7-10-12(16)14-13(18)19-10/h3-7H,2H2,1H3,(H,14,16,18). The molecule has 19 heavy (non-hydrogen) atoms. The summed E-state index contributed by atoms with van der Waals surface area (Å²) in [5.74, 6) is 0.0340. The molecule has 0 bridgehead atoms. The van der Waals surface area contributed by atoms with Crippen LogP contribution >= 0.6 is 24.0 Å². The Hall–Kier alpha value is -1.66. The van der Waals surface area contributed by atoms with Gasteiger partial charge in [-0.3, -0.25) is 9.59 Å². The van der Waals surface area contributed by atoms with Crippen molar-refractivity contribution in [3.63, 3.8) is 0 Å². The van der Waals surface area contributed by atoms with Crippen molar-refractivity contribution in [2.24, 2.45) is 0 Å². The molecule has 4 nitrogen and oxygen atoms in total. The predicted octanol–water partition coefficient (Wildman–Crippen LogP) is 2.49. The van der Waals surface area contributed by atoms with Crippen molar-refractivity contribution >= 4 is 46.3 Å². The average molecular weight is 293 g/mol. The van der Waals surface area contributed by atoms with Crippen LogP contribution in [-0.2, 0) is 9.59 Å². The molecule has 1 aliphatic rings. The number of carbonyl (C=O) groups excluding carboxylic acids is 2. The third-order valence-corrected chi connectivity index (χ3v) is 3.50. The van der Waals surface area contributed by atoms with Crippen molar-refractivity contribution < 1.29 is 14.3 Å². The van der Waals surface area contributed by atoms with Gasteiger partial charge in [-0.25, -0.2) is 0 Å². The van der Waals surface area contributed by atoms with E-state index in [0.717, 1.165) is 5.56 Å². The monoisotopic (exact) mass is 293 g/mol. The molecule has 0 aliphatic carbocycles. The first-order valence-electron chi connectivity index (χ1n) is 5.64. The number of benzene rings is 1. The maximum Gasteiger partial charge on any atom is 0.310 e. The molecular weight excluding hydrogens is 282 g/mol. The van der Waals surface area contributed by atoms with Gasteiger partial charge in [0, 0.05) is 6.42 Å². The topological polar surface area (TPSA) is 55.4 Å². The number of hydrogen-bond acceptors (Lipinski definition) is 5. The Balaban J connectivity index is 2.11. The van der Waals surface area contributed by atoms with Crippen molar-refractivity contribution in [2.75, 3.05) is 0 Å². The van der Waals surface area contributed by atoms with Crippen LogP contribution in [0.4, 0.5) is 0 Å². The highest BCUT2D eigenvalue weighted by Gasteiger charge is 2.21. The fraction of sp³-hybridized carbons (Fsp3) is 0.154. The Morgan fingerprint density at radius 1 is 1.42 bits per heavy atom. The van der Waals surface area contributed by atoms with Crippen LogP contribution in [0.5, 0.6) is 5.75 Å². The molecule has 0 saturated carbocycles. The minimum Gasteiger partial charge on any atom is -0.427 e. The van der Waals surface area contributed by atoms with Gasteiger partial charge < -0.3 is 10.1 Å². The Morgan fingerprint density at radius 3 is 2.63 bits per heavy atom. The molecule has 1 heterocycles. The molecule has 6 heteroatoms. The average Bonchev–Trinajstić information content (AvgIpc) is 2.70. The number of amides is 1. The molecule has 1 saturated heterocycles. The Bertz CT molecular complexity index is 564. The minimum atomic E-state index is -0.276. The molecule has 1 aromatic rings. The van der Waals surface area contributed by atoms with Crippen molar-refractivity contribution in [3.8, 4) is 5.75 Å². The van der Waals surface area contributed by atoms with Gasteiger partial charge in [-0.15, -0.1) is 0 Å². The van der Waals surface area contributed by atoms with Crippen LogP contribution in [0.15, 0.2) is 29.2 Å². The van der Waals surface area contributed by atoms with Crippen LogP contribution in [0.3, 0.4) is 0 Å². The van der Waals surface area contributed by atoms with E-state index in [1.54, 1.807) is 37.3 Å². The van der Waals surface area contributed by atoms with Crippen LogP contribution in [0.2, 0.25) is 0 Å². The number of rotatable bonds is 3. The van der Waals surface area contributed by atoms with E-state index in [2.05, 4.69) is 5.32 Å². The lowest BCUT2D eigenvalue weighted by molar-refractivity contribution is -0.134. The zero-order chi connectivity index (χ0) is 13.8. The highest BCUT2D eigenvalue weighted by Crippen LogP contribution is 2.26. The van der Waals surface area contributed by atoms with E-state index >= 15 is 0 Å². The van der Waals surface area contributed by atoms with Gasteiger partial charge in [-0.05, 0) is 23.8 Å². The number of nitrogens with one attached hydrogen (secondary N) is 1. The predicted molar refractivity (Wildman–Crippen MR) is 78.7 cm³/mol. The Morgan fingerprint density at radius 2 is 2.11 bits per heavy atom. The fourth-order valence-corrected chi connectivity index (χ4v) is 2.45. The van der Waals surface area contributed by atoms with E-state index in [4.69, 9.17) is 17.0 Å². The first-order chi connectivity index (χ1) is 9.08. The summed E-state index contributed by atoms with van der Waals surface area (Å²) in [4.78, 5) is 23.2. The van der Waals surface area contributed by atoms with Crippen molar-refractivity contribution in [2.45, 2.75) is 13.3 Å². The first kappa shape index (κ1) is 13.8. The summed E-state index contributed by atoms with van der Waals surface area (Å²) in [6.07, 6.45) is 2.07. The maximum atomic E-state index is 11.5. The summed E-state index contributed by atoms with van der Waals surface area (Å²) in [6, 6.07) is 6.94. The smallest absolute Gasteiger partial charge is 0.310 e. The van der Waals surface area contributed by atoms with Crippen molar-refractivity contribution in [1.82, 2.24) is 5.32 Å². The third kappa shape index (κ3) is 3.65. The number of hydrogen-bond donors (Lipinski definition) is 1. The normalized spacial score (nSPS) is 16.6. The van der Waals surface area contributed by atoms with E-state index in [0.29, 0.717) is 21.4 Å². The lowest BCUT2D eigenvalue weighted by atomic mass is 10.2. The van der Waals surface area contributed by atoms with Gasteiger partial charge in [-0.1, -0.05) is 43.0 Å². The second kappa shape index (κ2) is 5.99. The molecule has 1 aromatic carbocycles. The van der Waals surface area contributed by atoms with Crippen molar-refractivity contribution in [3.05, 3.63) is 34.7 Å². The molecule has 1 aliphatic heterocycles. The van der Waals surface area contributed by atoms with Gasteiger partial charge in [0.2, 0.25) is 0 Å². The van der Waals surface area contributed by atoms with Crippen LogP contribution in [0, 0.1) is 0 Å². The molecule has 0 atom stereocenters. The van der Waals surface area contributed by atoms with Gasteiger partial charge in [0.05, 0.1) is 4.91 Å². The van der Waals surface area contributed by atoms with E-state index in [9.17, 15) is 9.59 Å². The molecule has 1 amide bonds. The largest absolute Gasteiger partial charge is 0.427 e. The van der Waals surface area contributed by atoms with Gasteiger partial charge in [0.1, 0.15) is 10.1 Å². The Labute approximate surface area is 120 Å². The summed E-state index contributed by atoms with van der Waals surface area (Å²) in [5, 5.41) is 2.55. The van der Waals surface area contributed by atoms with E-state index < -0.39 is 0 Å². The molecule has 0 radical (unpaired) electrons.